The summed E-state index contributed by atoms with van der Waals surface area (Å²) in [6, 6.07) is 0. The van der Waals surface area contributed by atoms with Crippen LogP contribution < -0.4 is 5.32 Å². The van der Waals surface area contributed by atoms with E-state index in [-0.39, 0.29) is 0 Å². The first kappa shape index (κ1) is 15.0. The smallest absolute Gasteiger partial charge is 0.00209 e. The molecule has 1 aliphatic rings. The van der Waals surface area contributed by atoms with Gasteiger partial charge in [-0.25, -0.2) is 0 Å². The van der Waals surface area contributed by atoms with Crippen molar-refractivity contribution in [2.24, 2.45) is 29.6 Å². The monoisotopic (exact) mass is 239 g/mol. The molecule has 0 aromatic carbocycles. The minimum Gasteiger partial charge on any atom is -0.319 e. The molecule has 0 radical (unpaired) electrons. The van der Waals surface area contributed by atoms with Crippen molar-refractivity contribution in [3.8, 4) is 0 Å². The molecular weight excluding hydrogens is 206 g/mol. The average Bonchev–Trinajstić information content (AvgIpc) is 2.31. The second-order valence-corrected chi connectivity index (χ2v) is 6.64. The highest BCUT2D eigenvalue weighted by molar-refractivity contribution is 4.83. The van der Waals surface area contributed by atoms with Gasteiger partial charge in [-0.05, 0) is 68.9 Å². The summed E-state index contributed by atoms with van der Waals surface area (Å²) >= 11 is 0. The second kappa shape index (κ2) is 7.41. The van der Waals surface area contributed by atoms with Gasteiger partial charge in [-0.15, -0.1) is 0 Å². The van der Waals surface area contributed by atoms with Crippen molar-refractivity contribution in [2.75, 3.05) is 13.6 Å². The molecule has 0 aromatic heterocycles. The van der Waals surface area contributed by atoms with Gasteiger partial charge in [0, 0.05) is 0 Å². The Morgan fingerprint density at radius 1 is 1.12 bits per heavy atom. The number of nitrogens with one attached hydrogen (secondary N) is 1. The fourth-order valence-corrected chi connectivity index (χ4v) is 3.47. The number of hydrogen-bond donors (Lipinski definition) is 1. The predicted octanol–water partition coefficient (Wildman–Crippen LogP) is 4.33. The molecule has 0 saturated heterocycles. The predicted molar refractivity (Wildman–Crippen MR) is 77.2 cm³/mol. The first-order valence-electron chi connectivity index (χ1n) is 7.73. The summed E-state index contributed by atoms with van der Waals surface area (Å²) < 4.78 is 0. The number of hydrogen-bond acceptors (Lipinski definition) is 1. The van der Waals surface area contributed by atoms with Crippen LogP contribution in [0.15, 0.2) is 0 Å². The van der Waals surface area contributed by atoms with Crippen LogP contribution in [-0.4, -0.2) is 13.6 Å². The molecule has 1 saturated carbocycles. The molecule has 0 aliphatic heterocycles. The highest BCUT2D eigenvalue weighted by Gasteiger charge is 2.31. The molecule has 4 atom stereocenters. The van der Waals surface area contributed by atoms with Crippen LogP contribution in [0, 0.1) is 29.6 Å². The van der Waals surface area contributed by atoms with Crippen LogP contribution in [0.3, 0.4) is 0 Å². The van der Waals surface area contributed by atoms with Gasteiger partial charge in [-0.2, -0.15) is 0 Å². The van der Waals surface area contributed by atoms with Gasteiger partial charge < -0.3 is 5.32 Å². The van der Waals surface area contributed by atoms with Gasteiger partial charge in [0.15, 0.2) is 0 Å². The van der Waals surface area contributed by atoms with E-state index in [0.717, 1.165) is 29.6 Å². The zero-order chi connectivity index (χ0) is 12.8. The maximum atomic E-state index is 3.40. The van der Waals surface area contributed by atoms with Crippen LogP contribution in [0.25, 0.3) is 0 Å². The summed E-state index contributed by atoms with van der Waals surface area (Å²) in [6.45, 7) is 10.8. The molecule has 0 heterocycles. The molecule has 17 heavy (non-hydrogen) atoms. The van der Waals surface area contributed by atoms with Gasteiger partial charge in [0.1, 0.15) is 0 Å². The molecule has 4 unspecified atom stereocenters. The van der Waals surface area contributed by atoms with E-state index < -0.39 is 0 Å². The van der Waals surface area contributed by atoms with Crippen molar-refractivity contribution < 1.29 is 0 Å². The zero-order valence-corrected chi connectivity index (χ0v) is 12.6. The van der Waals surface area contributed by atoms with Crippen molar-refractivity contribution in [3.05, 3.63) is 0 Å². The third kappa shape index (κ3) is 4.62. The Labute approximate surface area is 109 Å². The first-order chi connectivity index (χ1) is 8.08. The van der Waals surface area contributed by atoms with E-state index in [1.807, 2.05) is 0 Å². The minimum absolute atomic E-state index is 0.880. The van der Waals surface area contributed by atoms with E-state index in [1.54, 1.807) is 0 Å². The van der Waals surface area contributed by atoms with E-state index in [4.69, 9.17) is 0 Å². The highest BCUT2D eigenvalue weighted by Crippen LogP contribution is 2.40. The third-order valence-corrected chi connectivity index (χ3v) is 4.99. The Bertz CT molecular complexity index is 200. The van der Waals surface area contributed by atoms with Gasteiger partial charge in [-0.3, -0.25) is 0 Å². The fraction of sp³-hybridized carbons (Fsp3) is 1.00. The Hall–Kier alpha value is -0.0400. The highest BCUT2D eigenvalue weighted by atomic mass is 14.8. The molecular formula is C16H33N. The number of rotatable bonds is 6. The Morgan fingerprint density at radius 3 is 2.35 bits per heavy atom. The lowest BCUT2D eigenvalue weighted by atomic mass is 9.68. The van der Waals surface area contributed by atoms with Crippen LogP contribution in [-0.2, 0) is 0 Å². The quantitative estimate of drug-likeness (QED) is 0.727. The van der Waals surface area contributed by atoms with Crippen molar-refractivity contribution in [1.82, 2.24) is 5.32 Å². The Morgan fingerprint density at radius 2 is 1.82 bits per heavy atom. The summed E-state index contributed by atoms with van der Waals surface area (Å²) in [4.78, 5) is 0. The molecule has 0 bridgehead atoms. The fourth-order valence-electron chi connectivity index (χ4n) is 3.47. The van der Waals surface area contributed by atoms with E-state index in [0.29, 0.717) is 0 Å². The first-order valence-corrected chi connectivity index (χ1v) is 7.73. The van der Waals surface area contributed by atoms with Crippen LogP contribution in [0.5, 0.6) is 0 Å². The Balaban J connectivity index is 2.55. The van der Waals surface area contributed by atoms with Crippen molar-refractivity contribution in [1.29, 1.82) is 0 Å². The van der Waals surface area contributed by atoms with Gasteiger partial charge in [0.2, 0.25) is 0 Å². The average molecular weight is 239 g/mol. The standard InChI is InChI=1S/C16H33N/c1-6-13(4)9-16-10-14(12(2)3)7-8-15(16)11-17-5/h12-17H,6-11H2,1-5H3. The molecule has 1 fully saturated rings. The summed E-state index contributed by atoms with van der Waals surface area (Å²) in [5, 5.41) is 3.40. The topological polar surface area (TPSA) is 12.0 Å². The summed E-state index contributed by atoms with van der Waals surface area (Å²) in [6.07, 6.45) is 7.18. The van der Waals surface area contributed by atoms with Crippen molar-refractivity contribution >= 4 is 0 Å². The lowest BCUT2D eigenvalue weighted by Gasteiger charge is -2.39. The molecule has 1 heteroatoms. The zero-order valence-electron chi connectivity index (χ0n) is 12.6. The van der Waals surface area contributed by atoms with Crippen LogP contribution in [0.1, 0.15) is 59.8 Å². The maximum absolute atomic E-state index is 3.40. The van der Waals surface area contributed by atoms with Crippen LogP contribution >= 0.6 is 0 Å². The summed E-state index contributed by atoms with van der Waals surface area (Å²) in [5.41, 5.74) is 0. The van der Waals surface area contributed by atoms with Crippen LogP contribution in [0.4, 0.5) is 0 Å². The van der Waals surface area contributed by atoms with E-state index in [1.165, 1.54) is 38.6 Å². The van der Waals surface area contributed by atoms with Gasteiger partial charge in [0.25, 0.3) is 0 Å². The maximum Gasteiger partial charge on any atom is -0.00209 e. The van der Waals surface area contributed by atoms with Crippen molar-refractivity contribution in [3.63, 3.8) is 0 Å². The van der Waals surface area contributed by atoms with E-state index >= 15 is 0 Å². The summed E-state index contributed by atoms with van der Waals surface area (Å²) in [5.74, 6) is 4.68. The molecule has 0 spiro atoms. The minimum atomic E-state index is 0.880. The molecule has 0 amide bonds. The molecule has 102 valence electrons. The normalized spacial score (nSPS) is 31.8. The van der Waals surface area contributed by atoms with Gasteiger partial charge in [0.05, 0.1) is 0 Å². The SMILES string of the molecule is CCC(C)CC1CC(C(C)C)CCC1CNC. The van der Waals surface area contributed by atoms with E-state index in [2.05, 4.69) is 40.1 Å². The van der Waals surface area contributed by atoms with Crippen molar-refractivity contribution in [2.45, 2.75) is 59.8 Å². The molecule has 1 aliphatic carbocycles. The van der Waals surface area contributed by atoms with Gasteiger partial charge in [-0.1, -0.05) is 34.1 Å². The molecule has 0 aromatic rings. The van der Waals surface area contributed by atoms with Gasteiger partial charge >= 0.3 is 0 Å². The lowest BCUT2D eigenvalue weighted by Crippen LogP contribution is -2.34. The third-order valence-electron chi connectivity index (χ3n) is 4.99. The second-order valence-electron chi connectivity index (χ2n) is 6.64. The molecule has 1 N–H and O–H groups in total. The summed E-state index contributed by atoms with van der Waals surface area (Å²) in [7, 11) is 2.11. The lowest BCUT2D eigenvalue weighted by molar-refractivity contribution is 0.126. The van der Waals surface area contributed by atoms with Crippen LogP contribution in [0.2, 0.25) is 0 Å². The van der Waals surface area contributed by atoms with E-state index in [9.17, 15) is 0 Å². The molecule has 1 rings (SSSR count). The largest absolute Gasteiger partial charge is 0.319 e. The Kier molecular flexibility index (Phi) is 6.54. The molecule has 1 nitrogen and oxygen atoms in total.